The Balaban J connectivity index is 3.70. The highest BCUT2D eigenvalue weighted by atomic mass is 16.5. The molecule has 0 rings (SSSR count). The lowest BCUT2D eigenvalue weighted by molar-refractivity contribution is -0.133. The van der Waals surface area contributed by atoms with E-state index in [2.05, 4.69) is 11.3 Å². The minimum atomic E-state index is -0.550. The molecule has 0 aliphatic heterocycles. The van der Waals surface area contributed by atoms with Crippen molar-refractivity contribution in [2.45, 2.75) is 6.92 Å². The predicted octanol–water partition coefficient (Wildman–Crippen LogP) is 0.729. The summed E-state index contributed by atoms with van der Waals surface area (Å²) in [6.07, 6.45) is 3.35. The number of allylic oxidation sites excluding steroid dienone is 1. The molecule has 1 radical (unpaired) electrons. The summed E-state index contributed by atoms with van der Waals surface area (Å²) < 4.78 is 4.36. The Bertz CT molecular complexity index is 179. The zero-order chi connectivity index (χ0) is 7.98. The smallest absolute Gasteiger partial charge is 0.337 e. The molecule has 0 saturated heterocycles. The van der Waals surface area contributed by atoms with Crippen LogP contribution in [-0.2, 0) is 14.3 Å². The standard InChI is InChI=1S/C7H7O3/c1-6(2)7(9)10-5-3-4-8/h3,5H,1H2,2H3. The Morgan fingerprint density at radius 1 is 1.70 bits per heavy atom. The fourth-order valence-corrected chi connectivity index (χ4v) is 0.224. The van der Waals surface area contributed by atoms with Gasteiger partial charge >= 0.3 is 5.97 Å². The highest BCUT2D eigenvalue weighted by molar-refractivity contribution is 5.87. The molecular formula is C7H7O3. The van der Waals surface area contributed by atoms with Crippen molar-refractivity contribution in [2.75, 3.05) is 0 Å². The second-order valence-electron chi connectivity index (χ2n) is 1.61. The molecule has 0 unspecified atom stereocenters. The summed E-state index contributed by atoms with van der Waals surface area (Å²) in [4.78, 5) is 20.0. The van der Waals surface area contributed by atoms with Crippen LogP contribution in [0.3, 0.4) is 0 Å². The van der Waals surface area contributed by atoms with Crippen molar-refractivity contribution in [2.24, 2.45) is 0 Å². The van der Waals surface area contributed by atoms with Crippen molar-refractivity contribution < 1.29 is 14.3 Å². The Kier molecular flexibility index (Phi) is 3.87. The van der Waals surface area contributed by atoms with E-state index < -0.39 is 5.97 Å². The van der Waals surface area contributed by atoms with Crippen molar-refractivity contribution in [3.05, 3.63) is 24.5 Å². The molecule has 0 aliphatic rings. The number of carbonyl (C=O) groups excluding carboxylic acids is 2. The van der Waals surface area contributed by atoms with Gasteiger partial charge in [0.05, 0.1) is 6.26 Å². The molecule has 3 heteroatoms. The molecule has 0 saturated carbocycles. The van der Waals surface area contributed by atoms with Gasteiger partial charge in [0.2, 0.25) is 6.29 Å². The van der Waals surface area contributed by atoms with Crippen molar-refractivity contribution in [1.29, 1.82) is 0 Å². The normalized spacial score (nSPS) is 9.30. The van der Waals surface area contributed by atoms with Crippen LogP contribution in [0.4, 0.5) is 0 Å². The first-order chi connectivity index (χ1) is 4.68. The van der Waals surface area contributed by atoms with Crippen LogP contribution in [0.2, 0.25) is 0 Å². The number of rotatable bonds is 3. The summed E-state index contributed by atoms with van der Waals surface area (Å²) in [5.74, 6) is -0.550. The first-order valence-corrected chi connectivity index (χ1v) is 2.57. The van der Waals surface area contributed by atoms with E-state index in [1.54, 1.807) is 0 Å². The second kappa shape index (κ2) is 4.49. The SMILES string of the molecule is C=C(C)C(=O)OC=C[C]=O. The van der Waals surface area contributed by atoms with E-state index >= 15 is 0 Å². The number of carbonyl (C=O) groups is 1. The van der Waals surface area contributed by atoms with E-state index in [0.29, 0.717) is 0 Å². The third-order valence-corrected chi connectivity index (χ3v) is 0.660. The van der Waals surface area contributed by atoms with E-state index in [0.717, 1.165) is 12.3 Å². The molecule has 3 nitrogen and oxygen atoms in total. The van der Waals surface area contributed by atoms with Gasteiger partial charge in [-0.2, -0.15) is 0 Å². The van der Waals surface area contributed by atoms with Gasteiger partial charge in [-0.3, -0.25) is 4.79 Å². The van der Waals surface area contributed by atoms with Crippen molar-refractivity contribution in [1.82, 2.24) is 0 Å². The summed E-state index contributed by atoms with van der Waals surface area (Å²) in [5, 5.41) is 0. The van der Waals surface area contributed by atoms with Gasteiger partial charge in [0, 0.05) is 11.6 Å². The summed E-state index contributed by atoms with van der Waals surface area (Å²) in [7, 11) is 0. The van der Waals surface area contributed by atoms with Gasteiger partial charge in [0.1, 0.15) is 0 Å². The highest BCUT2D eigenvalue weighted by Crippen LogP contribution is 1.91. The molecule has 0 spiro atoms. The Labute approximate surface area is 59.0 Å². The van der Waals surface area contributed by atoms with Gasteiger partial charge in [-0.05, 0) is 6.92 Å². The number of hydrogen-bond donors (Lipinski definition) is 0. The molecule has 0 aromatic heterocycles. The van der Waals surface area contributed by atoms with Crippen LogP contribution in [0.1, 0.15) is 6.92 Å². The van der Waals surface area contributed by atoms with Gasteiger partial charge in [0.25, 0.3) is 0 Å². The summed E-state index contributed by atoms with van der Waals surface area (Å²) in [6.45, 7) is 4.84. The average Bonchev–Trinajstić information content (AvgIpc) is 1.88. The van der Waals surface area contributed by atoms with Crippen molar-refractivity contribution >= 4 is 12.3 Å². The van der Waals surface area contributed by atoms with Crippen LogP contribution in [0.25, 0.3) is 0 Å². The van der Waals surface area contributed by atoms with Gasteiger partial charge in [-0.15, -0.1) is 0 Å². The predicted molar refractivity (Wildman–Crippen MR) is 35.7 cm³/mol. The van der Waals surface area contributed by atoms with Crippen LogP contribution in [0.5, 0.6) is 0 Å². The lowest BCUT2D eigenvalue weighted by Gasteiger charge is -1.93. The Hall–Kier alpha value is -1.38. The quantitative estimate of drug-likeness (QED) is 0.329. The lowest BCUT2D eigenvalue weighted by Crippen LogP contribution is -1.98. The van der Waals surface area contributed by atoms with Gasteiger partial charge in [-0.1, -0.05) is 6.58 Å². The van der Waals surface area contributed by atoms with Crippen LogP contribution >= 0.6 is 0 Å². The molecule has 0 atom stereocenters. The number of esters is 1. The minimum absolute atomic E-state index is 0.288. The van der Waals surface area contributed by atoms with Gasteiger partial charge in [-0.25, -0.2) is 4.79 Å². The summed E-state index contributed by atoms with van der Waals surface area (Å²) in [5.41, 5.74) is 0.288. The first kappa shape index (κ1) is 8.62. The fraction of sp³-hybridized carbons (Fsp3) is 0.143. The molecule has 0 aliphatic carbocycles. The lowest BCUT2D eigenvalue weighted by atomic mass is 10.4. The van der Waals surface area contributed by atoms with E-state index in [-0.39, 0.29) is 5.57 Å². The maximum atomic E-state index is 10.5. The zero-order valence-electron chi connectivity index (χ0n) is 5.59. The van der Waals surface area contributed by atoms with Gasteiger partial charge in [0.15, 0.2) is 0 Å². The topological polar surface area (TPSA) is 43.4 Å². The first-order valence-electron chi connectivity index (χ1n) is 2.57. The third kappa shape index (κ3) is 3.60. The maximum Gasteiger partial charge on any atom is 0.337 e. The molecule has 0 bridgehead atoms. The molecule has 0 N–H and O–H groups in total. The molecule has 0 aromatic rings. The maximum absolute atomic E-state index is 10.5. The van der Waals surface area contributed by atoms with E-state index in [9.17, 15) is 9.59 Å². The molecule has 10 heavy (non-hydrogen) atoms. The Morgan fingerprint density at radius 2 is 2.30 bits per heavy atom. The molecule has 0 fully saturated rings. The van der Waals surface area contributed by atoms with Crippen molar-refractivity contribution in [3.8, 4) is 0 Å². The van der Waals surface area contributed by atoms with Crippen LogP contribution in [-0.4, -0.2) is 12.3 Å². The molecular weight excluding hydrogens is 132 g/mol. The third-order valence-electron chi connectivity index (χ3n) is 0.660. The second-order valence-corrected chi connectivity index (χ2v) is 1.61. The van der Waals surface area contributed by atoms with Crippen LogP contribution in [0, 0.1) is 0 Å². The van der Waals surface area contributed by atoms with Crippen LogP contribution in [0.15, 0.2) is 24.5 Å². The Morgan fingerprint density at radius 3 is 2.70 bits per heavy atom. The zero-order valence-corrected chi connectivity index (χ0v) is 5.59. The fourth-order valence-electron chi connectivity index (χ4n) is 0.224. The summed E-state index contributed by atoms with van der Waals surface area (Å²) >= 11 is 0. The monoisotopic (exact) mass is 139 g/mol. The molecule has 0 heterocycles. The van der Waals surface area contributed by atoms with E-state index in [1.807, 2.05) is 0 Å². The largest absolute Gasteiger partial charge is 0.431 e. The van der Waals surface area contributed by atoms with Gasteiger partial charge < -0.3 is 4.74 Å². The van der Waals surface area contributed by atoms with Crippen LogP contribution < -0.4 is 0 Å². The van der Waals surface area contributed by atoms with E-state index in [4.69, 9.17) is 0 Å². The van der Waals surface area contributed by atoms with E-state index in [1.165, 1.54) is 13.2 Å². The minimum Gasteiger partial charge on any atom is -0.431 e. The molecule has 0 amide bonds. The number of hydrogen-bond acceptors (Lipinski definition) is 3. The molecule has 53 valence electrons. The van der Waals surface area contributed by atoms with Crippen molar-refractivity contribution in [3.63, 3.8) is 0 Å². The number of ether oxygens (including phenoxy) is 1. The molecule has 0 aromatic carbocycles. The summed E-state index contributed by atoms with van der Waals surface area (Å²) in [6, 6.07) is 0. The average molecular weight is 139 g/mol. The highest BCUT2D eigenvalue weighted by Gasteiger charge is 1.98.